The topological polar surface area (TPSA) is 17.1 Å². The molecule has 14 valence electrons. The molecule has 4 heavy (non-hydrogen) atoms. The summed E-state index contributed by atoms with van der Waals surface area (Å²) in [6.45, 7) is 0. The van der Waals surface area contributed by atoms with E-state index in [-0.39, 0.29) is 36.2 Å². The van der Waals surface area contributed by atoms with Gasteiger partial charge in [0, 0.05) is 36.2 Å². The molecule has 0 heterocycles. The van der Waals surface area contributed by atoms with Gasteiger partial charge >= 0.3 is 20.2 Å². The van der Waals surface area contributed by atoms with Gasteiger partial charge in [-0.2, -0.15) is 0 Å². The average molecular weight is 123 g/mol. The second-order valence-electron chi connectivity index (χ2n) is 0. The third-order valence-corrected chi connectivity index (χ3v) is 0. The maximum atomic E-state index is 8.25. The van der Waals surface area contributed by atoms with Crippen molar-refractivity contribution in [3.63, 3.8) is 0 Å². The van der Waals surface area contributed by atoms with E-state index < -0.39 is 0 Å². The predicted octanol–water partition coefficient (Wildman–Crippen LogP) is -1.26. The minimum absolute atomic E-state index is 0. The summed E-state index contributed by atoms with van der Waals surface area (Å²) in [7, 11) is 0. The Morgan fingerprint density at radius 3 is 1.25 bits per heavy atom. The van der Waals surface area contributed by atoms with Crippen molar-refractivity contribution < 1.29 is 3.78 Å². The molecule has 0 aromatic heterocycles. The third kappa shape index (κ3) is 9.79. The molecule has 0 aromatic rings. The Morgan fingerprint density at radius 2 is 1.25 bits per heavy atom. The van der Waals surface area contributed by atoms with Crippen LogP contribution in [0.5, 0.6) is 0 Å². The summed E-state index contributed by atoms with van der Waals surface area (Å²) in [6.07, 6.45) is 0. The summed E-state index contributed by atoms with van der Waals surface area (Å²) in [4.78, 5) is 0. The summed E-state index contributed by atoms with van der Waals surface area (Å²) in [6, 6.07) is 0. The monoisotopic (exact) mass is 124 g/mol. The Hall–Kier alpha value is 1.47. The van der Waals surface area contributed by atoms with E-state index in [0.29, 0.717) is 0 Å². The first-order valence-electron chi connectivity index (χ1n) is 0.204. The summed E-state index contributed by atoms with van der Waals surface area (Å²) in [5.74, 6) is 0. The quantitative estimate of drug-likeness (QED) is 0.367. The van der Waals surface area contributed by atoms with Gasteiger partial charge in [0.25, 0.3) is 0 Å². The van der Waals surface area contributed by atoms with E-state index in [1.165, 1.54) is 0 Å². The molecule has 0 fully saturated rings. The van der Waals surface area contributed by atoms with Crippen LogP contribution in [0.4, 0.5) is 0 Å². The van der Waals surface area contributed by atoms with Crippen LogP contribution in [0.2, 0.25) is 0 Å². The van der Waals surface area contributed by atoms with Crippen LogP contribution in [0.3, 0.4) is 0 Å². The van der Waals surface area contributed by atoms with Crippen LogP contribution in [-0.2, 0) is 3.78 Å². The summed E-state index contributed by atoms with van der Waals surface area (Å²) in [5, 5.41) is 0. The molecule has 0 amide bonds. The van der Waals surface area contributed by atoms with Crippen LogP contribution < -0.4 is 0 Å². The van der Waals surface area contributed by atoms with Crippen LogP contribution in [0.1, 0.15) is 0 Å². The van der Waals surface area contributed by atoms with Crippen LogP contribution in [-0.4, -0.2) is 52.7 Å². The van der Waals surface area contributed by atoms with Crippen molar-refractivity contribution in [2.45, 2.75) is 0 Å². The normalized spacial score (nSPS) is 1.00. The minimum atomic E-state index is 0. The molecule has 1 nitrogen and oxygen atoms in total. The first-order chi connectivity index (χ1) is 1.00. The van der Waals surface area contributed by atoms with Crippen molar-refractivity contribution in [3.05, 3.63) is 0 Å². The fourth-order valence-electron chi connectivity index (χ4n) is 0. The molecule has 0 saturated carbocycles. The van der Waals surface area contributed by atoms with Crippen molar-refractivity contribution in [3.8, 4) is 0 Å². The first-order valence-corrected chi connectivity index (χ1v) is 1.06. The van der Waals surface area contributed by atoms with Crippen molar-refractivity contribution in [2.24, 2.45) is 0 Å². The van der Waals surface area contributed by atoms with E-state index in [1.807, 2.05) is 0 Å². The molecule has 0 atom stereocenters. The molecule has 0 aromatic carbocycles. The second kappa shape index (κ2) is 24.9. The van der Waals surface area contributed by atoms with E-state index in [2.05, 4.69) is 0 Å². The average Bonchev–Trinajstić information content (AvgIpc) is 1.00. The fourth-order valence-corrected chi connectivity index (χ4v) is 0. The summed E-state index contributed by atoms with van der Waals surface area (Å²) >= 11 is 0.750. The van der Waals surface area contributed by atoms with E-state index >= 15 is 0 Å². The molecule has 0 bridgehead atoms. The van der Waals surface area contributed by atoms with Crippen molar-refractivity contribution in [1.82, 2.24) is 0 Å². The van der Waals surface area contributed by atoms with E-state index in [9.17, 15) is 0 Å². The van der Waals surface area contributed by atoms with Crippen LogP contribution in [0.15, 0.2) is 0 Å². The molecule has 0 unspecified atom stereocenters. The molecule has 0 saturated heterocycles. The van der Waals surface area contributed by atoms with Gasteiger partial charge in [0.15, 0.2) is 0 Å². The van der Waals surface area contributed by atoms with Gasteiger partial charge in [-0.15, -0.1) is 0 Å². The van der Waals surface area contributed by atoms with E-state index in [1.54, 1.807) is 0 Å². The van der Waals surface area contributed by atoms with Gasteiger partial charge in [0.05, 0.1) is 0 Å². The molecule has 0 aliphatic carbocycles. The van der Waals surface area contributed by atoms with E-state index in [4.69, 9.17) is 3.78 Å². The fraction of sp³-hybridized carbons (Fsp3) is 0. The van der Waals surface area contributed by atoms with Crippen LogP contribution >= 0.6 is 0 Å². The Morgan fingerprint density at radius 1 is 1.25 bits per heavy atom. The van der Waals surface area contributed by atoms with Gasteiger partial charge in [0.2, 0.25) is 0 Å². The Bertz CT molecular complexity index is 8.00. The second-order valence-corrected chi connectivity index (χ2v) is 0. The molecule has 0 spiro atoms. The Kier molecular flexibility index (Phi) is 111. The van der Waals surface area contributed by atoms with Crippen LogP contribution in [0, 0.1) is 0 Å². The zero-order chi connectivity index (χ0) is 2.00. The van der Waals surface area contributed by atoms with Crippen molar-refractivity contribution in [2.75, 3.05) is 0 Å². The molecule has 0 rings (SSSR count). The zero-order valence-corrected chi connectivity index (χ0v) is 5.74. The van der Waals surface area contributed by atoms with Gasteiger partial charge in [-0.25, -0.2) is 0 Å². The molecule has 0 N–H and O–H groups in total. The van der Waals surface area contributed by atoms with Crippen molar-refractivity contribution >= 4 is 52.7 Å². The maximum absolute atomic E-state index is 8.25. The zero-order valence-electron chi connectivity index (χ0n) is 2.49. The standard InChI is InChI=1S/Al.GeO.Li/c;1-2;. The van der Waals surface area contributed by atoms with Crippen molar-refractivity contribution in [1.29, 1.82) is 0 Å². The molecule has 6 radical (unpaired) electrons. The predicted molar refractivity (Wildman–Crippen MR) is 17.9 cm³/mol. The molecule has 0 aliphatic rings. The molecule has 0 aliphatic heterocycles. The number of hydrogen-bond acceptors (Lipinski definition) is 1. The Balaban J connectivity index is -0.00000000500. The van der Waals surface area contributed by atoms with Gasteiger partial charge in [-0.05, 0) is 0 Å². The summed E-state index contributed by atoms with van der Waals surface area (Å²) < 4.78 is 8.25. The SMILES string of the molecule is [Al].[Li].[O]=[Ge]. The summed E-state index contributed by atoms with van der Waals surface area (Å²) in [5.41, 5.74) is 0. The molecule has 4 heteroatoms. The van der Waals surface area contributed by atoms with Gasteiger partial charge in [0.1, 0.15) is 0 Å². The van der Waals surface area contributed by atoms with Crippen LogP contribution in [0.25, 0.3) is 0 Å². The molecular weight excluding hydrogens is 123 g/mol. The van der Waals surface area contributed by atoms with Gasteiger partial charge in [-0.3, -0.25) is 0 Å². The van der Waals surface area contributed by atoms with E-state index in [0.717, 1.165) is 16.5 Å². The first kappa shape index (κ1) is 17.9. The number of rotatable bonds is 0. The van der Waals surface area contributed by atoms with Gasteiger partial charge < -0.3 is 0 Å². The number of hydrogen-bond donors (Lipinski definition) is 0. The molecular formula is AlGeLiO. The van der Waals surface area contributed by atoms with Gasteiger partial charge in [-0.1, -0.05) is 0 Å². The third-order valence-electron chi connectivity index (χ3n) is 0. The Labute approximate surface area is 56.3 Å².